The Morgan fingerprint density at radius 2 is 2.25 bits per heavy atom. The first-order chi connectivity index (χ1) is 11.5. The second kappa shape index (κ2) is 6.74. The van der Waals surface area contributed by atoms with Crippen molar-refractivity contribution in [3.8, 4) is 11.4 Å². The van der Waals surface area contributed by atoms with Crippen LogP contribution >= 0.6 is 0 Å². The fourth-order valence-corrected chi connectivity index (χ4v) is 3.19. The Morgan fingerprint density at radius 1 is 1.46 bits per heavy atom. The highest BCUT2D eigenvalue weighted by atomic mass is 16.3. The van der Waals surface area contributed by atoms with E-state index < -0.39 is 6.10 Å². The number of likely N-dealkylation sites (tertiary alicyclic amines) is 1. The lowest BCUT2D eigenvalue weighted by Gasteiger charge is -2.17. The van der Waals surface area contributed by atoms with Crippen molar-refractivity contribution in [2.75, 3.05) is 27.2 Å². The molecule has 8 heteroatoms. The number of hydrogen-bond acceptors (Lipinski definition) is 5. The van der Waals surface area contributed by atoms with Crippen molar-refractivity contribution in [1.82, 2.24) is 29.8 Å². The molecule has 24 heavy (non-hydrogen) atoms. The molecular formula is C16H24N6O2. The van der Waals surface area contributed by atoms with Gasteiger partial charge in [0.15, 0.2) is 0 Å². The molecule has 0 spiro atoms. The molecule has 1 aliphatic rings. The van der Waals surface area contributed by atoms with Crippen molar-refractivity contribution < 1.29 is 9.90 Å². The average Bonchev–Trinajstić information content (AvgIpc) is 3.21. The summed E-state index contributed by atoms with van der Waals surface area (Å²) in [5.41, 5.74) is 2.98. The SMILES string of the molecule is CN(C)C(=O)C[C@@H]1CN(Cc2cn[nH]c2-c2ccnn2C)C[C@H]1O. The Morgan fingerprint density at radius 3 is 2.92 bits per heavy atom. The number of aromatic amines is 1. The van der Waals surface area contributed by atoms with E-state index in [-0.39, 0.29) is 11.8 Å². The molecule has 2 N–H and O–H groups in total. The summed E-state index contributed by atoms with van der Waals surface area (Å²) in [4.78, 5) is 15.6. The van der Waals surface area contributed by atoms with E-state index in [0.29, 0.717) is 26.1 Å². The maximum atomic E-state index is 11.9. The predicted octanol–water partition coefficient (Wildman–Crippen LogP) is 0.0812. The van der Waals surface area contributed by atoms with Crippen molar-refractivity contribution >= 4 is 5.91 Å². The van der Waals surface area contributed by atoms with Gasteiger partial charge in [0.1, 0.15) is 0 Å². The maximum Gasteiger partial charge on any atom is 0.222 e. The smallest absolute Gasteiger partial charge is 0.222 e. The van der Waals surface area contributed by atoms with Crippen LogP contribution in [0.4, 0.5) is 0 Å². The number of H-pyrrole nitrogens is 1. The minimum atomic E-state index is -0.471. The highest BCUT2D eigenvalue weighted by molar-refractivity contribution is 5.75. The predicted molar refractivity (Wildman–Crippen MR) is 88.9 cm³/mol. The fourth-order valence-electron chi connectivity index (χ4n) is 3.19. The Kier molecular flexibility index (Phi) is 4.68. The first-order valence-corrected chi connectivity index (χ1v) is 8.07. The lowest BCUT2D eigenvalue weighted by Crippen LogP contribution is -2.28. The number of hydrogen-bond donors (Lipinski definition) is 2. The number of aromatic nitrogens is 4. The summed E-state index contributed by atoms with van der Waals surface area (Å²) in [7, 11) is 5.38. The Hall–Kier alpha value is -2.19. The third-order valence-electron chi connectivity index (χ3n) is 4.61. The van der Waals surface area contributed by atoms with Gasteiger partial charge in [-0.15, -0.1) is 0 Å². The standard InChI is InChI=1S/C16H24N6O2/c1-20(2)15(24)6-11-8-22(10-14(11)23)9-12-7-17-19-16(12)13-4-5-18-21(13)3/h4-5,7,11,14,23H,6,8-10H2,1-3H3,(H,17,19)/t11-,14-/m1/s1. The number of nitrogens with one attached hydrogen (secondary N) is 1. The topological polar surface area (TPSA) is 90.3 Å². The molecule has 0 aromatic carbocycles. The summed E-state index contributed by atoms with van der Waals surface area (Å²) in [6, 6.07) is 1.94. The second-order valence-electron chi connectivity index (χ2n) is 6.62. The van der Waals surface area contributed by atoms with Gasteiger partial charge >= 0.3 is 0 Å². The van der Waals surface area contributed by atoms with Gasteiger partial charge in [-0.3, -0.25) is 19.5 Å². The highest BCUT2D eigenvalue weighted by Gasteiger charge is 2.33. The zero-order chi connectivity index (χ0) is 17.3. The van der Waals surface area contributed by atoms with Crippen LogP contribution < -0.4 is 0 Å². The number of rotatable bonds is 5. The van der Waals surface area contributed by atoms with Gasteiger partial charge in [0, 0.05) is 64.9 Å². The largest absolute Gasteiger partial charge is 0.391 e. The molecule has 2 atom stereocenters. The normalized spacial score (nSPS) is 21.3. The van der Waals surface area contributed by atoms with Gasteiger partial charge in [-0.2, -0.15) is 10.2 Å². The second-order valence-corrected chi connectivity index (χ2v) is 6.62. The minimum absolute atomic E-state index is 0.0213. The molecule has 0 radical (unpaired) electrons. The van der Waals surface area contributed by atoms with Crippen LogP contribution in [-0.2, 0) is 18.4 Å². The van der Waals surface area contributed by atoms with Crippen molar-refractivity contribution in [3.05, 3.63) is 24.0 Å². The van der Waals surface area contributed by atoms with Crippen LogP contribution in [0.2, 0.25) is 0 Å². The lowest BCUT2D eigenvalue weighted by molar-refractivity contribution is -0.130. The van der Waals surface area contributed by atoms with Crippen molar-refractivity contribution in [2.24, 2.45) is 13.0 Å². The lowest BCUT2D eigenvalue weighted by atomic mass is 10.0. The van der Waals surface area contributed by atoms with Crippen LogP contribution in [0.3, 0.4) is 0 Å². The van der Waals surface area contributed by atoms with E-state index in [1.54, 1.807) is 29.9 Å². The first kappa shape index (κ1) is 16.7. The van der Waals surface area contributed by atoms with Crippen LogP contribution in [0.25, 0.3) is 11.4 Å². The molecule has 1 amide bonds. The third-order valence-corrected chi connectivity index (χ3v) is 4.61. The molecule has 2 aromatic rings. The maximum absolute atomic E-state index is 11.9. The number of aliphatic hydroxyl groups is 1. The van der Waals surface area contributed by atoms with Crippen molar-refractivity contribution in [2.45, 2.75) is 19.1 Å². The molecule has 1 aliphatic heterocycles. The zero-order valence-corrected chi connectivity index (χ0v) is 14.3. The number of aryl methyl sites for hydroxylation is 1. The molecular weight excluding hydrogens is 308 g/mol. The van der Waals surface area contributed by atoms with E-state index in [1.165, 1.54) is 0 Å². The summed E-state index contributed by atoms with van der Waals surface area (Å²) in [5.74, 6) is 0.0340. The first-order valence-electron chi connectivity index (χ1n) is 8.07. The summed E-state index contributed by atoms with van der Waals surface area (Å²) in [6.07, 6.45) is 3.47. The molecule has 1 fully saturated rings. The van der Waals surface area contributed by atoms with E-state index in [0.717, 1.165) is 17.0 Å². The van der Waals surface area contributed by atoms with Crippen molar-refractivity contribution in [3.63, 3.8) is 0 Å². The molecule has 130 valence electrons. The Labute approximate surface area is 141 Å². The minimum Gasteiger partial charge on any atom is -0.391 e. The Bertz CT molecular complexity index is 707. The number of aliphatic hydroxyl groups excluding tert-OH is 1. The van der Waals surface area contributed by atoms with Gasteiger partial charge in [0.2, 0.25) is 5.91 Å². The van der Waals surface area contributed by atoms with Gasteiger partial charge < -0.3 is 10.0 Å². The summed E-state index contributed by atoms with van der Waals surface area (Å²) in [5, 5.41) is 21.6. The summed E-state index contributed by atoms with van der Waals surface area (Å²) >= 11 is 0. The molecule has 0 saturated carbocycles. The number of amides is 1. The molecule has 3 rings (SSSR count). The summed E-state index contributed by atoms with van der Waals surface area (Å²) < 4.78 is 1.80. The molecule has 0 aliphatic carbocycles. The van der Waals surface area contributed by atoms with Gasteiger partial charge in [-0.25, -0.2) is 0 Å². The average molecular weight is 332 g/mol. The van der Waals surface area contributed by atoms with E-state index in [9.17, 15) is 9.90 Å². The molecule has 3 heterocycles. The van der Waals surface area contributed by atoms with Gasteiger partial charge in [-0.05, 0) is 6.07 Å². The summed E-state index contributed by atoms with van der Waals surface area (Å²) in [6.45, 7) is 1.96. The van der Waals surface area contributed by atoms with E-state index in [4.69, 9.17) is 0 Å². The number of carbonyl (C=O) groups excluding carboxylic acids is 1. The molecule has 1 saturated heterocycles. The van der Waals surface area contributed by atoms with Gasteiger partial charge in [0.25, 0.3) is 0 Å². The van der Waals surface area contributed by atoms with Crippen LogP contribution in [0.1, 0.15) is 12.0 Å². The number of nitrogens with zero attached hydrogens (tertiary/aromatic N) is 5. The van der Waals surface area contributed by atoms with Gasteiger partial charge in [-0.1, -0.05) is 0 Å². The monoisotopic (exact) mass is 332 g/mol. The molecule has 0 bridgehead atoms. The molecule has 8 nitrogen and oxygen atoms in total. The van der Waals surface area contributed by atoms with E-state index in [2.05, 4.69) is 20.2 Å². The van der Waals surface area contributed by atoms with Crippen LogP contribution in [0.15, 0.2) is 18.5 Å². The van der Waals surface area contributed by atoms with Crippen LogP contribution in [0.5, 0.6) is 0 Å². The number of β-amino-alcohol motifs (C(OH)–C–C–N with tert-alkyl or cyclic N) is 1. The quantitative estimate of drug-likeness (QED) is 0.809. The Balaban J connectivity index is 1.67. The van der Waals surface area contributed by atoms with Crippen LogP contribution in [0, 0.1) is 5.92 Å². The molecule has 2 aromatic heterocycles. The molecule has 0 unspecified atom stereocenters. The van der Waals surface area contributed by atoms with Gasteiger partial charge in [0.05, 0.1) is 23.7 Å². The number of carbonyl (C=O) groups is 1. The highest BCUT2D eigenvalue weighted by Crippen LogP contribution is 2.26. The fraction of sp³-hybridized carbons (Fsp3) is 0.562. The van der Waals surface area contributed by atoms with Crippen molar-refractivity contribution in [1.29, 1.82) is 0 Å². The van der Waals surface area contributed by atoms with E-state index >= 15 is 0 Å². The zero-order valence-electron chi connectivity index (χ0n) is 14.3. The van der Waals surface area contributed by atoms with E-state index in [1.807, 2.05) is 19.3 Å². The van der Waals surface area contributed by atoms with Crippen LogP contribution in [-0.4, -0.2) is 74.1 Å². The third kappa shape index (κ3) is 3.34.